The lowest BCUT2D eigenvalue weighted by atomic mass is 10.0. The van der Waals surface area contributed by atoms with Gasteiger partial charge in [0, 0.05) is 18.4 Å². The highest BCUT2D eigenvalue weighted by Crippen LogP contribution is 2.18. The predicted molar refractivity (Wildman–Crippen MR) is 90.6 cm³/mol. The van der Waals surface area contributed by atoms with Crippen LogP contribution in [0.1, 0.15) is 17.7 Å². The van der Waals surface area contributed by atoms with Gasteiger partial charge in [-0.3, -0.25) is 4.79 Å². The zero-order valence-electron chi connectivity index (χ0n) is 12.8. The zero-order chi connectivity index (χ0) is 16.2. The van der Waals surface area contributed by atoms with E-state index in [-0.39, 0.29) is 11.3 Å². The first-order valence-corrected chi connectivity index (χ1v) is 7.66. The minimum absolute atomic E-state index is 0.0801. The summed E-state index contributed by atoms with van der Waals surface area (Å²) in [6.45, 7) is 1.04. The number of nitrogens with zero attached hydrogens (tertiary/aromatic N) is 2. The third-order valence-corrected chi connectivity index (χ3v) is 3.83. The number of rotatable bonds is 5. The summed E-state index contributed by atoms with van der Waals surface area (Å²) < 4.78 is 1.50. The maximum absolute atomic E-state index is 12.5. The molecule has 2 aromatic carbocycles. The third kappa shape index (κ3) is 3.24. The fraction of sp³-hybridized carbons (Fsp3) is 0.222. The molecule has 0 spiro atoms. The van der Waals surface area contributed by atoms with E-state index in [9.17, 15) is 9.90 Å². The highest BCUT2D eigenvalue weighted by atomic mass is 16.3. The Morgan fingerprint density at radius 1 is 1.04 bits per heavy atom. The second-order valence-corrected chi connectivity index (χ2v) is 5.51. The molecule has 1 heterocycles. The normalized spacial score (nSPS) is 11.0. The van der Waals surface area contributed by atoms with Gasteiger partial charge in [0.25, 0.3) is 5.56 Å². The Balaban J connectivity index is 2.08. The highest BCUT2D eigenvalue weighted by Gasteiger charge is 2.10. The van der Waals surface area contributed by atoms with Crippen LogP contribution in [0.4, 0.5) is 0 Å². The topological polar surface area (TPSA) is 81.1 Å². The van der Waals surface area contributed by atoms with E-state index in [1.807, 2.05) is 36.4 Å². The standard InChI is InChI=1S/C18H19N3O2/c19-10-3-11-21-18(23)16-5-2-1-4-15(16)17(20-21)12-13-6-8-14(22)9-7-13/h1-2,4-9,22H,3,10-12,19H2. The average molecular weight is 309 g/mol. The lowest BCUT2D eigenvalue weighted by Crippen LogP contribution is -2.26. The van der Waals surface area contributed by atoms with Gasteiger partial charge in [-0.1, -0.05) is 30.3 Å². The first kappa shape index (κ1) is 15.2. The molecule has 0 saturated carbocycles. The summed E-state index contributed by atoms with van der Waals surface area (Å²) in [6.07, 6.45) is 1.31. The zero-order valence-corrected chi connectivity index (χ0v) is 12.8. The number of hydrogen-bond acceptors (Lipinski definition) is 4. The lowest BCUT2D eigenvalue weighted by molar-refractivity contribution is 0.475. The Labute approximate surface area is 134 Å². The average Bonchev–Trinajstić information content (AvgIpc) is 2.58. The van der Waals surface area contributed by atoms with Crippen LogP contribution in [0.2, 0.25) is 0 Å². The third-order valence-electron chi connectivity index (χ3n) is 3.83. The lowest BCUT2D eigenvalue weighted by Gasteiger charge is -2.11. The van der Waals surface area contributed by atoms with Gasteiger partial charge in [0.05, 0.1) is 11.1 Å². The van der Waals surface area contributed by atoms with Gasteiger partial charge in [-0.05, 0) is 36.7 Å². The van der Waals surface area contributed by atoms with Crippen molar-refractivity contribution >= 4 is 10.8 Å². The SMILES string of the molecule is NCCCn1nc(Cc2ccc(O)cc2)c2ccccc2c1=O. The van der Waals surface area contributed by atoms with Crippen LogP contribution in [0.15, 0.2) is 53.3 Å². The van der Waals surface area contributed by atoms with Crippen LogP contribution in [0, 0.1) is 0 Å². The number of aromatic hydroxyl groups is 1. The van der Waals surface area contributed by atoms with Crippen LogP contribution in [0.5, 0.6) is 5.75 Å². The van der Waals surface area contributed by atoms with Crippen LogP contribution in [-0.4, -0.2) is 21.4 Å². The fourth-order valence-electron chi connectivity index (χ4n) is 2.64. The number of phenols is 1. The maximum Gasteiger partial charge on any atom is 0.274 e. The molecular weight excluding hydrogens is 290 g/mol. The van der Waals surface area contributed by atoms with Crippen LogP contribution >= 0.6 is 0 Å². The van der Waals surface area contributed by atoms with E-state index in [1.54, 1.807) is 12.1 Å². The van der Waals surface area contributed by atoms with E-state index in [4.69, 9.17) is 5.73 Å². The molecule has 0 radical (unpaired) electrons. The second-order valence-electron chi connectivity index (χ2n) is 5.51. The molecule has 118 valence electrons. The van der Waals surface area contributed by atoms with Crippen molar-refractivity contribution in [2.24, 2.45) is 5.73 Å². The molecule has 23 heavy (non-hydrogen) atoms. The van der Waals surface area contributed by atoms with Crippen LogP contribution in [-0.2, 0) is 13.0 Å². The summed E-state index contributed by atoms with van der Waals surface area (Å²) in [5.74, 6) is 0.236. The van der Waals surface area contributed by atoms with Crippen molar-refractivity contribution < 1.29 is 5.11 Å². The number of aromatic nitrogens is 2. The molecule has 1 aromatic heterocycles. The molecule has 5 nitrogen and oxygen atoms in total. The van der Waals surface area contributed by atoms with Crippen molar-refractivity contribution in [3.63, 3.8) is 0 Å². The Morgan fingerprint density at radius 2 is 1.74 bits per heavy atom. The molecule has 0 atom stereocenters. The van der Waals surface area contributed by atoms with Crippen molar-refractivity contribution in [2.45, 2.75) is 19.4 Å². The Morgan fingerprint density at radius 3 is 2.43 bits per heavy atom. The fourth-order valence-corrected chi connectivity index (χ4v) is 2.64. The summed E-state index contributed by atoms with van der Waals surface area (Å²) in [5, 5.41) is 15.5. The largest absolute Gasteiger partial charge is 0.508 e. The van der Waals surface area contributed by atoms with E-state index in [1.165, 1.54) is 4.68 Å². The van der Waals surface area contributed by atoms with Gasteiger partial charge in [0.1, 0.15) is 5.75 Å². The monoisotopic (exact) mass is 309 g/mol. The number of hydrogen-bond donors (Lipinski definition) is 2. The van der Waals surface area contributed by atoms with Gasteiger partial charge < -0.3 is 10.8 Å². The molecule has 3 rings (SSSR count). The molecule has 3 aromatic rings. The summed E-state index contributed by atoms with van der Waals surface area (Å²) in [4.78, 5) is 12.5. The van der Waals surface area contributed by atoms with E-state index >= 15 is 0 Å². The number of phenolic OH excluding ortho intramolecular Hbond substituents is 1. The Bertz CT molecular complexity index is 870. The van der Waals surface area contributed by atoms with E-state index in [0.29, 0.717) is 31.3 Å². The molecule has 0 aliphatic rings. The molecule has 5 heteroatoms. The van der Waals surface area contributed by atoms with E-state index in [0.717, 1.165) is 16.6 Å². The molecule has 3 N–H and O–H groups in total. The maximum atomic E-state index is 12.5. The molecule has 0 unspecified atom stereocenters. The number of benzene rings is 2. The van der Waals surface area contributed by atoms with E-state index < -0.39 is 0 Å². The van der Waals surface area contributed by atoms with Crippen LogP contribution < -0.4 is 11.3 Å². The highest BCUT2D eigenvalue weighted by molar-refractivity contribution is 5.83. The van der Waals surface area contributed by atoms with Crippen molar-refractivity contribution in [2.75, 3.05) is 6.54 Å². The summed E-state index contributed by atoms with van der Waals surface area (Å²) in [7, 11) is 0. The van der Waals surface area contributed by atoms with Gasteiger partial charge in [-0.25, -0.2) is 4.68 Å². The first-order chi connectivity index (χ1) is 11.2. The Kier molecular flexibility index (Phi) is 4.39. The quantitative estimate of drug-likeness (QED) is 0.756. The van der Waals surface area contributed by atoms with Crippen molar-refractivity contribution in [3.8, 4) is 5.75 Å². The second kappa shape index (κ2) is 6.62. The van der Waals surface area contributed by atoms with Crippen LogP contribution in [0.25, 0.3) is 10.8 Å². The molecule has 0 aliphatic heterocycles. The van der Waals surface area contributed by atoms with E-state index in [2.05, 4.69) is 5.10 Å². The smallest absolute Gasteiger partial charge is 0.274 e. The molecule has 0 aliphatic carbocycles. The molecule has 0 saturated heterocycles. The molecule has 0 amide bonds. The van der Waals surface area contributed by atoms with Crippen molar-refractivity contribution in [3.05, 3.63) is 70.1 Å². The van der Waals surface area contributed by atoms with Gasteiger partial charge in [-0.15, -0.1) is 0 Å². The van der Waals surface area contributed by atoms with Gasteiger partial charge in [-0.2, -0.15) is 5.10 Å². The number of nitrogens with two attached hydrogens (primary N) is 1. The van der Waals surface area contributed by atoms with Crippen LogP contribution in [0.3, 0.4) is 0 Å². The van der Waals surface area contributed by atoms with Gasteiger partial charge >= 0.3 is 0 Å². The van der Waals surface area contributed by atoms with Crippen molar-refractivity contribution in [1.82, 2.24) is 9.78 Å². The first-order valence-electron chi connectivity index (χ1n) is 7.66. The minimum Gasteiger partial charge on any atom is -0.508 e. The summed E-state index contributed by atoms with van der Waals surface area (Å²) >= 11 is 0. The van der Waals surface area contributed by atoms with Gasteiger partial charge in [0.15, 0.2) is 0 Å². The minimum atomic E-state index is -0.0801. The number of aryl methyl sites for hydroxylation is 1. The van der Waals surface area contributed by atoms with Gasteiger partial charge in [0.2, 0.25) is 0 Å². The molecule has 0 bridgehead atoms. The Hall–Kier alpha value is -2.66. The summed E-state index contributed by atoms with van der Waals surface area (Å²) in [5.41, 5.74) is 7.35. The molecule has 0 fully saturated rings. The number of fused-ring (bicyclic) bond motifs is 1. The summed E-state index contributed by atoms with van der Waals surface area (Å²) in [6, 6.07) is 14.6. The molecular formula is C18H19N3O2. The van der Waals surface area contributed by atoms with Crippen molar-refractivity contribution in [1.29, 1.82) is 0 Å². The predicted octanol–water partition coefficient (Wildman–Crippen LogP) is 2.04.